The Kier molecular flexibility index (Phi) is 2.50. The zero-order valence-electron chi connectivity index (χ0n) is 8.36. The fraction of sp³-hybridized carbons (Fsp3) is 0.364. The minimum atomic E-state index is 0.0613. The lowest BCUT2D eigenvalue weighted by Gasteiger charge is -2.16. The third-order valence-electron chi connectivity index (χ3n) is 2.44. The maximum absolute atomic E-state index is 11.8. The minimum Gasteiger partial charge on any atom is -0.348 e. The van der Waals surface area contributed by atoms with Gasteiger partial charge in [0.1, 0.15) is 0 Å². The van der Waals surface area contributed by atoms with E-state index in [1.54, 1.807) is 16.7 Å². The van der Waals surface area contributed by atoms with E-state index in [0.717, 1.165) is 5.75 Å². The van der Waals surface area contributed by atoms with E-state index in [2.05, 4.69) is 12.1 Å². The Bertz CT molecular complexity index is 362. The van der Waals surface area contributed by atoms with Gasteiger partial charge in [-0.05, 0) is 11.6 Å². The SMILES string of the molecule is CN(C)C(=O)[C@H]1CSc2ccccc21. The normalized spacial score (nSPS) is 19.1. The number of hydrogen-bond donors (Lipinski definition) is 0. The van der Waals surface area contributed by atoms with Gasteiger partial charge in [-0.2, -0.15) is 0 Å². The molecule has 0 aliphatic carbocycles. The summed E-state index contributed by atoms with van der Waals surface area (Å²) >= 11 is 1.77. The largest absolute Gasteiger partial charge is 0.348 e. The third-order valence-corrected chi connectivity index (χ3v) is 3.62. The fourth-order valence-electron chi connectivity index (χ4n) is 1.68. The Labute approximate surface area is 88.3 Å². The van der Waals surface area contributed by atoms with Crippen molar-refractivity contribution >= 4 is 17.7 Å². The topological polar surface area (TPSA) is 20.3 Å². The van der Waals surface area contributed by atoms with Crippen LogP contribution in [-0.2, 0) is 4.79 Å². The van der Waals surface area contributed by atoms with Gasteiger partial charge < -0.3 is 4.90 Å². The summed E-state index contributed by atoms with van der Waals surface area (Å²) in [7, 11) is 3.63. The molecule has 0 saturated carbocycles. The lowest BCUT2D eigenvalue weighted by Crippen LogP contribution is -2.28. The Balaban J connectivity index is 2.30. The van der Waals surface area contributed by atoms with E-state index >= 15 is 0 Å². The molecule has 3 heteroatoms. The molecule has 0 saturated heterocycles. The van der Waals surface area contributed by atoms with Crippen molar-refractivity contribution in [2.75, 3.05) is 19.8 Å². The number of carbonyl (C=O) groups is 1. The van der Waals surface area contributed by atoms with Gasteiger partial charge in [0.15, 0.2) is 0 Å². The summed E-state index contributed by atoms with van der Waals surface area (Å²) in [6.45, 7) is 0. The summed E-state index contributed by atoms with van der Waals surface area (Å²) in [5, 5.41) is 0. The summed E-state index contributed by atoms with van der Waals surface area (Å²) in [5.74, 6) is 1.16. The average molecular weight is 207 g/mol. The zero-order chi connectivity index (χ0) is 10.1. The first-order valence-corrected chi connectivity index (χ1v) is 5.61. The van der Waals surface area contributed by atoms with Crippen LogP contribution in [0.25, 0.3) is 0 Å². The Morgan fingerprint density at radius 2 is 2.14 bits per heavy atom. The molecule has 1 aliphatic heterocycles. The number of nitrogens with zero attached hydrogens (tertiary/aromatic N) is 1. The molecular weight excluding hydrogens is 194 g/mol. The van der Waals surface area contributed by atoms with Crippen LogP contribution in [0, 0.1) is 0 Å². The van der Waals surface area contributed by atoms with Crippen molar-refractivity contribution in [3.63, 3.8) is 0 Å². The van der Waals surface area contributed by atoms with Crippen molar-refractivity contribution in [3.8, 4) is 0 Å². The van der Waals surface area contributed by atoms with Gasteiger partial charge in [-0.15, -0.1) is 11.8 Å². The molecule has 0 fully saturated rings. The van der Waals surface area contributed by atoms with Crippen molar-refractivity contribution < 1.29 is 4.79 Å². The van der Waals surface area contributed by atoms with Crippen molar-refractivity contribution in [2.24, 2.45) is 0 Å². The molecule has 0 bridgehead atoms. The molecule has 1 amide bonds. The van der Waals surface area contributed by atoms with E-state index in [1.165, 1.54) is 10.5 Å². The second-order valence-corrected chi connectivity index (χ2v) is 4.70. The van der Waals surface area contributed by atoms with Crippen LogP contribution < -0.4 is 0 Å². The number of amides is 1. The van der Waals surface area contributed by atoms with E-state index in [0.29, 0.717) is 0 Å². The van der Waals surface area contributed by atoms with Crippen LogP contribution in [0.1, 0.15) is 11.5 Å². The first-order chi connectivity index (χ1) is 6.70. The first-order valence-electron chi connectivity index (χ1n) is 4.63. The highest BCUT2D eigenvalue weighted by Gasteiger charge is 2.29. The van der Waals surface area contributed by atoms with Crippen LogP contribution in [-0.4, -0.2) is 30.7 Å². The van der Waals surface area contributed by atoms with E-state index < -0.39 is 0 Å². The predicted molar refractivity (Wildman–Crippen MR) is 58.6 cm³/mol. The number of rotatable bonds is 1. The lowest BCUT2D eigenvalue weighted by atomic mass is 10.0. The number of thioether (sulfide) groups is 1. The zero-order valence-corrected chi connectivity index (χ0v) is 9.17. The smallest absolute Gasteiger partial charge is 0.230 e. The maximum Gasteiger partial charge on any atom is 0.230 e. The van der Waals surface area contributed by atoms with Crippen LogP contribution in [0.2, 0.25) is 0 Å². The monoisotopic (exact) mass is 207 g/mol. The lowest BCUT2D eigenvalue weighted by molar-refractivity contribution is -0.129. The van der Waals surface area contributed by atoms with Crippen molar-refractivity contribution in [3.05, 3.63) is 29.8 Å². The number of carbonyl (C=O) groups excluding carboxylic acids is 1. The van der Waals surface area contributed by atoms with E-state index in [-0.39, 0.29) is 11.8 Å². The molecule has 0 spiro atoms. The maximum atomic E-state index is 11.8. The van der Waals surface area contributed by atoms with Crippen molar-refractivity contribution in [1.29, 1.82) is 0 Å². The molecule has 14 heavy (non-hydrogen) atoms. The highest BCUT2D eigenvalue weighted by atomic mass is 32.2. The molecular formula is C11H13NOS. The fourth-order valence-corrected chi connectivity index (χ4v) is 2.90. The standard InChI is InChI=1S/C11H13NOS/c1-12(2)11(13)9-7-14-10-6-4-3-5-8(9)10/h3-6,9H,7H2,1-2H3/t9-/m0/s1. The average Bonchev–Trinajstić information content (AvgIpc) is 2.60. The van der Waals surface area contributed by atoms with Crippen molar-refractivity contribution in [2.45, 2.75) is 10.8 Å². The Morgan fingerprint density at radius 1 is 1.43 bits per heavy atom. The van der Waals surface area contributed by atoms with Crippen LogP contribution in [0.5, 0.6) is 0 Å². The number of benzene rings is 1. The second kappa shape index (κ2) is 3.65. The van der Waals surface area contributed by atoms with Crippen LogP contribution >= 0.6 is 11.8 Å². The molecule has 0 aromatic heterocycles. The van der Waals surface area contributed by atoms with Crippen LogP contribution in [0.15, 0.2) is 29.2 Å². The Morgan fingerprint density at radius 3 is 2.86 bits per heavy atom. The summed E-state index contributed by atoms with van der Waals surface area (Å²) in [4.78, 5) is 14.8. The highest BCUT2D eigenvalue weighted by molar-refractivity contribution is 7.99. The molecule has 0 N–H and O–H groups in total. The number of fused-ring (bicyclic) bond motifs is 1. The van der Waals surface area contributed by atoms with Gasteiger partial charge >= 0.3 is 0 Å². The van der Waals surface area contributed by atoms with E-state index in [9.17, 15) is 4.79 Å². The third kappa shape index (κ3) is 1.52. The molecule has 1 aromatic rings. The van der Waals surface area contributed by atoms with Gasteiger partial charge in [0.2, 0.25) is 5.91 Å². The van der Waals surface area contributed by atoms with E-state index in [1.807, 2.05) is 26.2 Å². The second-order valence-electron chi connectivity index (χ2n) is 3.63. The van der Waals surface area contributed by atoms with Gasteiger partial charge in [0.05, 0.1) is 5.92 Å². The molecule has 1 atom stereocenters. The van der Waals surface area contributed by atoms with E-state index in [4.69, 9.17) is 0 Å². The predicted octanol–water partition coefficient (Wildman–Crippen LogP) is 1.96. The molecule has 1 aromatic carbocycles. The molecule has 1 aliphatic rings. The first kappa shape index (κ1) is 9.59. The van der Waals surface area contributed by atoms with Crippen molar-refractivity contribution in [1.82, 2.24) is 4.90 Å². The summed E-state index contributed by atoms with van der Waals surface area (Å²) in [6.07, 6.45) is 0. The quantitative estimate of drug-likeness (QED) is 0.701. The van der Waals surface area contributed by atoms with Crippen LogP contribution in [0.4, 0.5) is 0 Å². The van der Waals surface area contributed by atoms with Gasteiger partial charge in [-0.25, -0.2) is 0 Å². The van der Waals surface area contributed by atoms with Crippen LogP contribution in [0.3, 0.4) is 0 Å². The Hall–Kier alpha value is -0.960. The number of hydrogen-bond acceptors (Lipinski definition) is 2. The highest BCUT2D eigenvalue weighted by Crippen LogP contribution is 2.39. The molecule has 1 heterocycles. The summed E-state index contributed by atoms with van der Waals surface area (Å²) < 4.78 is 0. The molecule has 74 valence electrons. The van der Waals surface area contributed by atoms with Gasteiger partial charge in [0, 0.05) is 24.7 Å². The summed E-state index contributed by atoms with van der Waals surface area (Å²) in [6, 6.07) is 8.17. The summed E-state index contributed by atoms with van der Waals surface area (Å²) in [5.41, 5.74) is 1.19. The van der Waals surface area contributed by atoms with Gasteiger partial charge in [-0.1, -0.05) is 18.2 Å². The van der Waals surface area contributed by atoms with Gasteiger partial charge in [0.25, 0.3) is 0 Å². The molecule has 0 radical (unpaired) electrons. The molecule has 0 unspecified atom stereocenters. The van der Waals surface area contributed by atoms with Gasteiger partial charge in [-0.3, -0.25) is 4.79 Å². The number of likely N-dealkylation sites (N-methyl/N-ethyl adjacent to an activating group) is 1. The molecule has 2 rings (SSSR count). The molecule has 2 nitrogen and oxygen atoms in total. The minimum absolute atomic E-state index is 0.0613.